The Labute approximate surface area is 136 Å². The van der Waals surface area contributed by atoms with Crippen molar-refractivity contribution in [2.24, 2.45) is 0 Å². The lowest BCUT2D eigenvalue weighted by Gasteiger charge is -2.00. The Balaban J connectivity index is 2.01. The van der Waals surface area contributed by atoms with Gasteiger partial charge in [0, 0.05) is 17.7 Å². The molecule has 0 atom stereocenters. The summed E-state index contributed by atoms with van der Waals surface area (Å²) in [6, 6.07) is 13.2. The fraction of sp³-hybridized carbons (Fsp3) is 0.0588. The van der Waals surface area contributed by atoms with Gasteiger partial charge in [-0.15, -0.1) is 11.3 Å². The van der Waals surface area contributed by atoms with Crippen LogP contribution in [0.5, 0.6) is 0 Å². The van der Waals surface area contributed by atoms with Crippen molar-refractivity contribution in [3.05, 3.63) is 69.8 Å². The van der Waals surface area contributed by atoms with Gasteiger partial charge in [-0.3, -0.25) is 0 Å². The summed E-state index contributed by atoms with van der Waals surface area (Å²) in [4.78, 5) is 16.0. The first-order valence-corrected chi connectivity index (χ1v) is 7.68. The molecule has 6 heteroatoms. The highest BCUT2D eigenvalue weighted by atomic mass is 32.1. The van der Waals surface area contributed by atoms with Crippen molar-refractivity contribution in [3.8, 4) is 11.3 Å². The number of carboxylic acid groups (broad SMARTS) is 1. The minimum atomic E-state index is -1.05. The number of carbonyl (C=O) groups is 1. The molecule has 0 aliphatic carbocycles. The summed E-state index contributed by atoms with van der Waals surface area (Å²) in [5, 5.41) is 9.94. The summed E-state index contributed by atoms with van der Waals surface area (Å²) < 4.78 is 13.8. The number of hydrogen-bond donors (Lipinski definition) is 2. The van der Waals surface area contributed by atoms with Crippen LogP contribution in [-0.4, -0.2) is 16.1 Å². The Kier molecular flexibility index (Phi) is 4.08. The number of rotatable bonds is 4. The average molecular weight is 328 g/mol. The molecule has 116 valence electrons. The van der Waals surface area contributed by atoms with Crippen molar-refractivity contribution in [2.45, 2.75) is 6.42 Å². The molecule has 0 aliphatic heterocycles. The van der Waals surface area contributed by atoms with Crippen LogP contribution in [0.4, 0.5) is 10.1 Å². The second-order valence-electron chi connectivity index (χ2n) is 4.98. The quantitative estimate of drug-likeness (QED) is 0.714. The van der Waals surface area contributed by atoms with E-state index in [9.17, 15) is 14.3 Å². The largest absolute Gasteiger partial charge is 0.477 e. The molecule has 1 aromatic heterocycles. The van der Waals surface area contributed by atoms with Crippen LogP contribution in [0.2, 0.25) is 0 Å². The maximum atomic E-state index is 13.8. The molecule has 2 aromatic carbocycles. The van der Waals surface area contributed by atoms with Gasteiger partial charge in [-0.05, 0) is 23.8 Å². The van der Waals surface area contributed by atoms with Crippen LogP contribution in [0.1, 0.15) is 20.2 Å². The van der Waals surface area contributed by atoms with E-state index in [-0.39, 0.29) is 17.1 Å². The molecule has 0 unspecified atom stereocenters. The van der Waals surface area contributed by atoms with Gasteiger partial charge in [0.15, 0.2) is 0 Å². The summed E-state index contributed by atoms with van der Waals surface area (Å²) in [5.41, 5.74) is 7.79. The Morgan fingerprint density at radius 3 is 2.52 bits per heavy atom. The summed E-state index contributed by atoms with van der Waals surface area (Å²) >= 11 is 1.06. The number of carboxylic acids is 1. The molecular formula is C17H13FN2O2S. The number of anilines is 1. The van der Waals surface area contributed by atoms with E-state index in [1.165, 1.54) is 6.07 Å². The third kappa shape index (κ3) is 3.22. The third-order valence-electron chi connectivity index (χ3n) is 3.35. The van der Waals surface area contributed by atoms with E-state index < -0.39 is 5.97 Å². The van der Waals surface area contributed by atoms with Crippen molar-refractivity contribution in [2.75, 3.05) is 5.73 Å². The molecule has 0 saturated heterocycles. The Morgan fingerprint density at radius 2 is 1.87 bits per heavy atom. The smallest absolute Gasteiger partial charge is 0.348 e. The van der Waals surface area contributed by atoms with Crippen LogP contribution in [0.3, 0.4) is 0 Å². The minimum absolute atomic E-state index is 0.140. The van der Waals surface area contributed by atoms with E-state index in [0.29, 0.717) is 27.5 Å². The number of benzene rings is 2. The van der Waals surface area contributed by atoms with Gasteiger partial charge in [0.25, 0.3) is 0 Å². The van der Waals surface area contributed by atoms with E-state index in [4.69, 9.17) is 5.73 Å². The molecular weight excluding hydrogens is 315 g/mol. The lowest BCUT2D eigenvalue weighted by molar-refractivity contribution is 0.0702. The number of aromatic carboxylic acids is 1. The van der Waals surface area contributed by atoms with E-state index >= 15 is 0 Å². The molecule has 3 N–H and O–H groups in total. The Bertz CT molecular complexity index is 859. The fourth-order valence-corrected chi connectivity index (χ4v) is 3.17. The Morgan fingerprint density at radius 1 is 1.17 bits per heavy atom. The van der Waals surface area contributed by atoms with E-state index in [1.54, 1.807) is 42.5 Å². The molecule has 3 rings (SSSR count). The maximum Gasteiger partial charge on any atom is 0.348 e. The van der Waals surface area contributed by atoms with Crippen molar-refractivity contribution in [1.82, 2.24) is 4.98 Å². The zero-order valence-corrected chi connectivity index (χ0v) is 12.8. The molecule has 0 spiro atoms. The van der Waals surface area contributed by atoms with Crippen molar-refractivity contribution < 1.29 is 14.3 Å². The number of nitrogens with two attached hydrogens (primary N) is 1. The molecule has 0 aliphatic rings. The predicted molar refractivity (Wildman–Crippen MR) is 88.1 cm³/mol. The molecule has 23 heavy (non-hydrogen) atoms. The van der Waals surface area contributed by atoms with Gasteiger partial charge in [0.2, 0.25) is 0 Å². The van der Waals surface area contributed by atoms with Crippen molar-refractivity contribution >= 4 is 23.0 Å². The van der Waals surface area contributed by atoms with Crippen LogP contribution in [0, 0.1) is 5.82 Å². The van der Waals surface area contributed by atoms with Gasteiger partial charge in [-0.1, -0.05) is 30.3 Å². The number of aromatic nitrogens is 1. The number of halogens is 1. The highest BCUT2D eigenvalue weighted by Crippen LogP contribution is 2.30. The van der Waals surface area contributed by atoms with Crippen LogP contribution < -0.4 is 5.73 Å². The molecule has 1 heterocycles. The second kappa shape index (κ2) is 6.18. The summed E-state index contributed by atoms with van der Waals surface area (Å²) in [6.07, 6.45) is 0.257. The zero-order valence-electron chi connectivity index (χ0n) is 12.0. The first kappa shape index (κ1) is 15.2. The molecule has 0 amide bonds. The van der Waals surface area contributed by atoms with Crippen molar-refractivity contribution in [3.63, 3.8) is 0 Å². The van der Waals surface area contributed by atoms with Gasteiger partial charge in [-0.2, -0.15) is 0 Å². The second-order valence-corrected chi connectivity index (χ2v) is 6.06. The van der Waals surface area contributed by atoms with E-state index in [2.05, 4.69) is 4.98 Å². The third-order valence-corrected chi connectivity index (χ3v) is 4.39. The normalized spacial score (nSPS) is 10.7. The SMILES string of the molecule is Nc1ccc(-c2nc(Cc3ccccc3F)sc2C(=O)O)cc1. The topological polar surface area (TPSA) is 76.2 Å². The van der Waals surface area contributed by atoms with Gasteiger partial charge in [-0.25, -0.2) is 14.2 Å². The molecule has 0 radical (unpaired) electrons. The molecule has 0 bridgehead atoms. The Hall–Kier alpha value is -2.73. The number of nitrogen functional groups attached to an aromatic ring is 1. The van der Waals surface area contributed by atoms with Crippen LogP contribution in [0.25, 0.3) is 11.3 Å². The fourth-order valence-electron chi connectivity index (χ4n) is 2.23. The van der Waals surface area contributed by atoms with E-state index in [1.807, 2.05) is 0 Å². The summed E-state index contributed by atoms with van der Waals surface area (Å²) in [6.45, 7) is 0. The van der Waals surface area contributed by atoms with Gasteiger partial charge in [0.05, 0.1) is 10.7 Å². The first-order valence-electron chi connectivity index (χ1n) is 6.87. The molecule has 0 saturated carbocycles. The zero-order chi connectivity index (χ0) is 16.4. The van der Waals surface area contributed by atoms with Crippen molar-refractivity contribution in [1.29, 1.82) is 0 Å². The van der Waals surface area contributed by atoms with Crippen LogP contribution in [-0.2, 0) is 6.42 Å². The predicted octanol–water partition coefficient (Wildman–Crippen LogP) is 3.82. The summed E-state index contributed by atoms with van der Waals surface area (Å²) in [5.74, 6) is -1.37. The lowest BCUT2D eigenvalue weighted by atomic mass is 10.1. The average Bonchev–Trinajstić information content (AvgIpc) is 2.94. The monoisotopic (exact) mass is 328 g/mol. The van der Waals surface area contributed by atoms with E-state index in [0.717, 1.165) is 11.3 Å². The molecule has 4 nitrogen and oxygen atoms in total. The lowest BCUT2D eigenvalue weighted by Crippen LogP contribution is -1.95. The first-order chi connectivity index (χ1) is 11.0. The standard InChI is InChI=1S/C17H13FN2O2S/c18-13-4-2-1-3-11(13)9-14-20-15(16(23-14)17(21)22)10-5-7-12(19)8-6-10/h1-8H,9,19H2,(H,21,22). The number of nitrogens with zero attached hydrogens (tertiary/aromatic N) is 1. The molecule has 0 fully saturated rings. The number of hydrogen-bond acceptors (Lipinski definition) is 4. The maximum absolute atomic E-state index is 13.8. The summed E-state index contributed by atoms with van der Waals surface area (Å²) in [7, 11) is 0. The van der Waals surface area contributed by atoms with Gasteiger partial charge in [0.1, 0.15) is 10.7 Å². The highest BCUT2D eigenvalue weighted by Gasteiger charge is 2.19. The molecule has 3 aromatic rings. The minimum Gasteiger partial charge on any atom is -0.477 e. The van der Waals surface area contributed by atoms with Gasteiger partial charge < -0.3 is 10.8 Å². The number of thiazole rings is 1. The highest BCUT2D eigenvalue weighted by molar-refractivity contribution is 7.14. The van der Waals surface area contributed by atoms with Gasteiger partial charge >= 0.3 is 5.97 Å². The van der Waals surface area contributed by atoms with Crippen LogP contribution >= 0.6 is 11.3 Å². The van der Waals surface area contributed by atoms with Crippen LogP contribution in [0.15, 0.2) is 48.5 Å².